The lowest BCUT2D eigenvalue weighted by Crippen LogP contribution is -2.43. The van der Waals surface area contributed by atoms with Crippen molar-refractivity contribution in [3.8, 4) is 0 Å². The van der Waals surface area contributed by atoms with E-state index < -0.39 is 5.69 Å². The number of fused-ring (bicyclic) bond motifs is 1. The summed E-state index contributed by atoms with van der Waals surface area (Å²) in [7, 11) is 0. The maximum Gasteiger partial charge on any atom is 0.332 e. The van der Waals surface area contributed by atoms with E-state index in [0.29, 0.717) is 10.9 Å². The second-order valence-electron chi connectivity index (χ2n) is 6.75. The Hall–Kier alpha value is -2.89. The van der Waals surface area contributed by atoms with E-state index in [4.69, 9.17) is 4.42 Å². The molecule has 3 aromatic rings. The van der Waals surface area contributed by atoms with Crippen LogP contribution in [0.15, 0.2) is 56.7 Å². The number of Topliss-reactive ketones (excluding diaryl/α,β-unsaturated/α-hetero) is 1. The van der Waals surface area contributed by atoms with Crippen molar-refractivity contribution in [2.45, 2.75) is 44.7 Å². The van der Waals surface area contributed by atoms with Crippen LogP contribution in [0.5, 0.6) is 0 Å². The van der Waals surface area contributed by atoms with Crippen LogP contribution in [0.4, 0.5) is 0 Å². The normalized spacial score (nSPS) is 15.4. The van der Waals surface area contributed by atoms with Crippen LogP contribution < -0.4 is 11.2 Å². The molecule has 0 N–H and O–H groups in total. The molecule has 2 aromatic heterocycles. The Morgan fingerprint density at radius 2 is 1.81 bits per heavy atom. The maximum atomic E-state index is 13.2. The molecule has 6 nitrogen and oxygen atoms in total. The number of furan rings is 1. The molecule has 4 rings (SSSR count). The Balaban J connectivity index is 1.89. The molecule has 0 aliphatic heterocycles. The minimum atomic E-state index is -0.416. The van der Waals surface area contributed by atoms with Gasteiger partial charge in [-0.2, -0.15) is 0 Å². The molecular formula is C20H20N2O4. The minimum Gasteiger partial charge on any atom is -0.461 e. The molecule has 1 aromatic carbocycles. The molecule has 26 heavy (non-hydrogen) atoms. The smallest absolute Gasteiger partial charge is 0.332 e. The van der Waals surface area contributed by atoms with E-state index in [9.17, 15) is 14.4 Å². The number of carbonyl (C=O) groups excluding carboxylic acids is 1. The van der Waals surface area contributed by atoms with Crippen molar-refractivity contribution in [1.82, 2.24) is 9.13 Å². The number of hydrogen-bond donors (Lipinski definition) is 0. The number of hydrogen-bond acceptors (Lipinski definition) is 4. The van der Waals surface area contributed by atoms with Crippen molar-refractivity contribution in [3.05, 3.63) is 69.3 Å². The Morgan fingerprint density at radius 1 is 1.04 bits per heavy atom. The zero-order valence-corrected chi connectivity index (χ0v) is 14.4. The van der Waals surface area contributed by atoms with Gasteiger partial charge in [0.1, 0.15) is 0 Å². The number of ketones is 1. The van der Waals surface area contributed by atoms with E-state index >= 15 is 0 Å². The Labute approximate surface area is 149 Å². The largest absolute Gasteiger partial charge is 0.461 e. The van der Waals surface area contributed by atoms with Gasteiger partial charge in [-0.1, -0.05) is 31.4 Å². The SMILES string of the molecule is O=C(Cn1c(=O)n(C2CCCCC2)c(=O)c2ccccc21)c1ccco1. The Morgan fingerprint density at radius 3 is 2.54 bits per heavy atom. The maximum absolute atomic E-state index is 13.2. The van der Waals surface area contributed by atoms with Crippen LogP contribution in [0.25, 0.3) is 10.9 Å². The fraction of sp³-hybridized carbons (Fsp3) is 0.350. The summed E-state index contributed by atoms with van der Waals surface area (Å²) in [5.74, 6) is -0.0903. The second-order valence-corrected chi connectivity index (χ2v) is 6.75. The molecule has 2 heterocycles. The molecular weight excluding hydrogens is 332 g/mol. The monoisotopic (exact) mass is 352 g/mol. The third-order valence-corrected chi connectivity index (χ3v) is 5.12. The molecule has 134 valence electrons. The van der Waals surface area contributed by atoms with Gasteiger partial charge in [0.2, 0.25) is 5.78 Å². The fourth-order valence-corrected chi connectivity index (χ4v) is 3.81. The van der Waals surface area contributed by atoms with Crippen molar-refractivity contribution in [1.29, 1.82) is 0 Å². The van der Waals surface area contributed by atoms with Gasteiger partial charge in [-0.05, 0) is 37.1 Å². The van der Waals surface area contributed by atoms with Crippen LogP contribution in [-0.2, 0) is 6.54 Å². The third-order valence-electron chi connectivity index (χ3n) is 5.12. The van der Waals surface area contributed by atoms with E-state index in [1.807, 2.05) is 0 Å². The highest BCUT2D eigenvalue weighted by Gasteiger charge is 2.23. The highest BCUT2D eigenvalue weighted by molar-refractivity contribution is 5.94. The lowest BCUT2D eigenvalue weighted by atomic mass is 9.95. The molecule has 0 radical (unpaired) electrons. The van der Waals surface area contributed by atoms with Gasteiger partial charge in [-0.3, -0.25) is 18.7 Å². The van der Waals surface area contributed by atoms with E-state index in [1.54, 1.807) is 36.4 Å². The number of carbonyl (C=O) groups is 1. The highest BCUT2D eigenvalue weighted by atomic mass is 16.3. The first-order chi connectivity index (χ1) is 12.7. The first kappa shape index (κ1) is 16.6. The van der Waals surface area contributed by atoms with Crippen LogP contribution in [0.1, 0.15) is 48.7 Å². The van der Waals surface area contributed by atoms with Crippen LogP contribution in [0.2, 0.25) is 0 Å². The molecule has 1 fully saturated rings. The molecule has 0 amide bonds. The van der Waals surface area contributed by atoms with E-state index in [-0.39, 0.29) is 29.7 Å². The quantitative estimate of drug-likeness (QED) is 0.676. The number of rotatable bonds is 4. The van der Waals surface area contributed by atoms with Gasteiger partial charge < -0.3 is 4.42 Å². The van der Waals surface area contributed by atoms with Gasteiger partial charge in [0.05, 0.1) is 23.7 Å². The standard InChI is InChI=1S/C20H20N2O4/c23-17(18-11-6-12-26-18)13-21-16-10-5-4-9-15(16)19(24)22(20(21)25)14-7-2-1-3-8-14/h4-6,9-12,14H,1-3,7-8,13H2. The van der Waals surface area contributed by atoms with Crippen LogP contribution in [0, 0.1) is 0 Å². The number of para-hydroxylation sites is 1. The molecule has 0 bridgehead atoms. The topological polar surface area (TPSA) is 74.2 Å². The van der Waals surface area contributed by atoms with E-state index in [1.165, 1.54) is 15.4 Å². The van der Waals surface area contributed by atoms with Crippen LogP contribution in [0.3, 0.4) is 0 Å². The minimum absolute atomic E-state index is 0.0988. The summed E-state index contributed by atoms with van der Waals surface area (Å²) in [6.45, 7) is -0.153. The molecule has 0 spiro atoms. The molecule has 1 aliphatic carbocycles. The third kappa shape index (κ3) is 2.81. The number of aromatic nitrogens is 2. The number of nitrogens with zero attached hydrogens (tertiary/aromatic N) is 2. The Kier molecular flexibility index (Phi) is 4.32. The van der Waals surface area contributed by atoms with Gasteiger partial charge in [0.25, 0.3) is 5.56 Å². The molecule has 0 unspecified atom stereocenters. The van der Waals surface area contributed by atoms with Gasteiger partial charge in [0.15, 0.2) is 5.76 Å². The summed E-state index contributed by atoms with van der Waals surface area (Å²) in [4.78, 5) is 38.6. The van der Waals surface area contributed by atoms with Gasteiger partial charge >= 0.3 is 5.69 Å². The summed E-state index contributed by atoms with van der Waals surface area (Å²) in [5.41, 5.74) is -0.200. The molecule has 1 aliphatic rings. The van der Waals surface area contributed by atoms with Gasteiger partial charge in [-0.25, -0.2) is 4.79 Å². The van der Waals surface area contributed by atoms with E-state index in [2.05, 4.69) is 0 Å². The van der Waals surface area contributed by atoms with Crippen molar-refractivity contribution < 1.29 is 9.21 Å². The molecule has 6 heteroatoms. The second kappa shape index (κ2) is 6.78. The first-order valence-electron chi connectivity index (χ1n) is 8.97. The lowest BCUT2D eigenvalue weighted by Gasteiger charge is -2.24. The molecule has 0 saturated heterocycles. The summed E-state index contributed by atoms with van der Waals surface area (Å²) < 4.78 is 7.91. The van der Waals surface area contributed by atoms with Gasteiger partial charge in [0, 0.05) is 6.04 Å². The zero-order valence-electron chi connectivity index (χ0n) is 14.4. The predicted molar refractivity (Wildman–Crippen MR) is 97.6 cm³/mol. The summed E-state index contributed by atoms with van der Waals surface area (Å²) >= 11 is 0. The number of benzene rings is 1. The fourth-order valence-electron chi connectivity index (χ4n) is 3.81. The lowest BCUT2D eigenvalue weighted by molar-refractivity contribution is 0.0943. The van der Waals surface area contributed by atoms with Crippen molar-refractivity contribution in [2.24, 2.45) is 0 Å². The summed E-state index contributed by atoms with van der Waals surface area (Å²) in [6.07, 6.45) is 6.21. The highest BCUT2D eigenvalue weighted by Crippen LogP contribution is 2.26. The predicted octanol–water partition coefficient (Wildman–Crippen LogP) is 3.14. The average molecular weight is 352 g/mol. The van der Waals surface area contributed by atoms with Crippen LogP contribution in [-0.4, -0.2) is 14.9 Å². The average Bonchev–Trinajstić information content (AvgIpc) is 3.21. The summed E-state index contributed by atoms with van der Waals surface area (Å²) in [5, 5.41) is 0.463. The van der Waals surface area contributed by atoms with Crippen molar-refractivity contribution in [3.63, 3.8) is 0 Å². The van der Waals surface area contributed by atoms with Crippen molar-refractivity contribution >= 4 is 16.7 Å². The van der Waals surface area contributed by atoms with Gasteiger partial charge in [-0.15, -0.1) is 0 Å². The van der Waals surface area contributed by atoms with E-state index in [0.717, 1.165) is 32.1 Å². The zero-order chi connectivity index (χ0) is 18.1. The molecule has 1 saturated carbocycles. The Bertz CT molecular complexity index is 1050. The van der Waals surface area contributed by atoms with Crippen LogP contribution >= 0.6 is 0 Å². The molecule has 0 atom stereocenters. The first-order valence-corrected chi connectivity index (χ1v) is 8.97. The summed E-state index contributed by atoms with van der Waals surface area (Å²) in [6, 6.07) is 10.1. The van der Waals surface area contributed by atoms with Crippen molar-refractivity contribution in [2.75, 3.05) is 0 Å².